The second-order valence-corrected chi connectivity index (χ2v) is 17.3. The summed E-state index contributed by atoms with van der Waals surface area (Å²) in [5.41, 5.74) is 18.8. The third-order valence-corrected chi connectivity index (χ3v) is 13.4. The number of fused-ring (bicyclic) bond motifs is 10. The molecule has 0 N–H and O–H groups in total. The van der Waals surface area contributed by atoms with Crippen LogP contribution in [-0.4, -0.2) is 0 Å². The van der Waals surface area contributed by atoms with Crippen molar-refractivity contribution >= 4 is 38.6 Å². The molecule has 2 heteroatoms. The molecule has 276 valence electrons. The molecule has 9 aromatic rings. The molecule has 0 fully saturated rings. The fourth-order valence-corrected chi connectivity index (χ4v) is 10.6. The molecule has 0 aromatic heterocycles. The van der Waals surface area contributed by atoms with E-state index in [1.165, 1.54) is 88.3 Å². The van der Waals surface area contributed by atoms with E-state index in [9.17, 15) is 0 Å². The summed E-state index contributed by atoms with van der Waals surface area (Å²) in [6, 6.07) is 65.2. The third kappa shape index (κ3) is 4.49. The van der Waals surface area contributed by atoms with Gasteiger partial charge < -0.3 is 9.64 Å². The van der Waals surface area contributed by atoms with Gasteiger partial charge in [0.2, 0.25) is 0 Å². The van der Waals surface area contributed by atoms with E-state index in [2.05, 4.69) is 209 Å². The van der Waals surface area contributed by atoms with Crippen LogP contribution >= 0.6 is 0 Å². The van der Waals surface area contributed by atoms with Crippen molar-refractivity contribution < 1.29 is 4.74 Å². The molecule has 0 bridgehead atoms. The fraction of sp³-hybridized carbons (Fsp3) is 0.107. The van der Waals surface area contributed by atoms with Crippen molar-refractivity contribution in [1.82, 2.24) is 0 Å². The fourth-order valence-electron chi connectivity index (χ4n) is 10.6. The molecule has 0 amide bonds. The predicted molar refractivity (Wildman–Crippen MR) is 242 cm³/mol. The van der Waals surface area contributed by atoms with Gasteiger partial charge in [-0.3, -0.25) is 0 Å². The first-order valence-corrected chi connectivity index (χ1v) is 20.4. The molecule has 0 unspecified atom stereocenters. The Morgan fingerprint density at radius 2 is 0.810 bits per heavy atom. The Morgan fingerprint density at radius 3 is 1.45 bits per heavy atom. The van der Waals surface area contributed by atoms with Crippen LogP contribution in [-0.2, 0) is 10.8 Å². The maximum absolute atomic E-state index is 6.55. The zero-order valence-corrected chi connectivity index (χ0v) is 33.1. The Kier molecular flexibility index (Phi) is 6.78. The van der Waals surface area contributed by atoms with Crippen LogP contribution in [0.1, 0.15) is 49.9 Å². The van der Waals surface area contributed by atoms with Crippen molar-refractivity contribution in [1.29, 1.82) is 0 Å². The number of hydrogen-bond acceptors (Lipinski definition) is 2. The van der Waals surface area contributed by atoms with Crippen molar-refractivity contribution in [3.8, 4) is 56.0 Å². The molecule has 9 aromatic carbocycles. The monoisotopic (exact) mass is 743 g/mol. The van der Waals surface area contributed by atoms with Crippen LogP contribution in [0.2, 0.25) is 0 Å². The zero-order chi connectivity index (χ0) is 38.9. The Balaban J connectivity index is 1.16. The first kappa shape index (κ1) is 33.3. The average Bonchev–Trinajstić information content (AvgIpc) is 3.63. The number of anilines is 3. The van der Waals surface area contributed by atoms with E-state index >= 15 is 0 Å². The minimum Gasteiger partial charge on any atom is -0.453 e. The average molecular weight is 744 g/mol. The first-order valence-electron chi connectivity index (χ1n) is 20.4. The van der Waals surface area contributed by atoms with Gasteiger partial charge in [0.15, 0.2) is 11.5 Å². The Hall–Kier alpha value is -6.90. The topological polar surface area (TPSA) is 12.5 Å². The summed E-state index contributed by atoms with van der Waals surface area (Å²) in [6.45, 7) is 9.48. The molecule has 3 aliphatic rings. The highest BCUT2D eigenvalue weighted by Crippen LogP contribution is 2.57. The summed E-state index contributed by atoms with van der Waals surface area (Å²) < 4.78 is 6.55. The highest BCUT2D eigenvalue weighted by molar-refractivity contribution is 6.23. The van der Waals surface area contributed by atoms with Crippen molar-refractivity contribution in [2.45, 2.75) is 38.5 Å². The van der Waals surface area contributed by atoms with Crippen LogP contribution in [0.4, 0.5) is 17.1 Å². The van der Waals surface area contributed by atoms with E-state index in [4.69, 9.17) is 4.74 Å². The highest BCUT2D eigenvalue weighted by Gasteiger charge is 2.37. The Bertz CT molecular complexity index is 3170. The molecule has 1 aliphatic heterocycles. The minimum absolute atomic E-state index is 0.0841. The number of rotatable bonds is 3. The van der Waals surface area contributed by atoms with Crippen LogP contribution < -0.4 is 9.64 Å². The van der Waals surface area contributed by atoms with Gasteiger partial charge in [-0.1, -0.05) is 161 Å². The minimum atomic E-state index is -0.116. The number of ether oxygens (including phenoxy) is 1. The van der Waals surface area contributed by atoms with Gasteiger partial charge in [0, 0.05) is 21.6 Å². The molecular formula is C56H41NO. The highest BCUT2D eigenvalue weighted by atomic mass is 16.5. The lowest BCUT2D eigenvalue weighted by atomic mass is 9.80. The van der Waals surface area contributed by atoms with E-state index < -0.39 is 0 Å². The van der Waals surface area contributed by atoms with Crippen molar-refractivity contribution in [3.05, 3.63) is 198 Å². The number of hydrogen-bond donors (Lipinski definition) is 0. The van der Waals surface area contributed by atoms with Crippen molar-refractivity contribution in [3.63, 3.8) is 0 Å². The van der Waals surface area contributed by atoms with Gasteiger partial charge >= 0.3 is 0 Å². The second kappa shape index (κ2) is 11.8. The lowest BCUT2D eigenvalue weighted by Gasteiger charge is -2.35. The molecule has 0 saturated heterocycles. The number of nitrogens with zero attached hydrogens (tertiary/aromatic N) is 1. The van der Waals surface area contributed by atoms with Gasteiger partial charge in [-0.05, 0) is 120 Å². The van der Waals surface area contributed by atoms with Crippen molar-refractivity contribution in [2.75, 3.05) is 4.90 Å². The number of para-hydroxylation sites is 4. The molecule has 2 aliphatic carbocycles. The molecular weight excluding hydrogens is 703 g/mol. The normalized spacial score (nSPS) is 14.9. The summed E-state index contributed by atoms with van der Waals surface area (Å²) in [5.74, 6) is 1.70. The summed E-state index contributed by atoms with van der Waals surface area (Å²) in [6.07, 6.45) is 0. The molecule has 0 radical (unpaired) electrons. The molecule has 1 heterocycles. The quantitative estimate of drug-likeness (QED) is 0.167. The summed E-state index contributed by atoms with van der Waals surface area (Å²) in [4.78, 5) is 2.43. The lowest BCUT2D eigenvalue weighted by Crippen LogP contribution is -2.16. The standard InChI is InChI=1S/C56H41NO/c1-55(2)45-19-9-7-15-37(45)39-28-25-35(32-47(39)55)34-26-30-43-44(31-34)53(36-27-29-40-38-16-8-10-20-46(38)56(3,4)48(40)33-36)41-17-5-6-18-42(41)54(43)57-49-21-11-13-23-51(49)58-52-24-14-12-22-50(52)57/h5-33H,1-4H3. The molecule has 2 nitrogen and oxygen atoms in total. The van der Waals surface area contributed by atoms with Gasteiger partial charge in [-0.15, -0.1) is 0 Å². The molecule has 0 atom stereocenters. The largest absolute Gasteiger partial charge is 0.453 e. The smallest absolute Gasteiger partial charge is 0.151 e. The number of benzene rings is 9. The molecule has 0 saturated carbocycles. The van der Waals surface area contributed by atoms with Gasteiger partial charge in [0.1, 0.15) is 0 Å². The molecule has 0 spiro atoms. The summed E-state index contributed by atoms with van der Waals surface area (Å²) in [5, 5.41) is 4.84. The first-order chi connectivity index (χ1) is 28.3. The van der Waals surface area contributed by atoms with Crippen LogP contribution in [0.5, 0.6) is 11.5 Å². The molecule has 58 heavy (non-hydrogen) atoms. The van der Waals surface area contributed by atoms with E-state index in [1.807, 2.05) is 0 Å². The zero-order valence-electron chi connectivity index (χ0n) is 33.1. The van der Waals surface area contributed by atoms with Crippen LogP contribution in [0, 0.1) is 0 Å². The van der Waals surface area contributed by atoms with Gasteiger partial charge in [-0.25, -0.2) is 0 Å². The van der Waals surface area contributed by atoms with E-state index in [1.54, 1.807) is 0 Å². The third-order valence-electron chi connectivity index (χ3n) is 13.4. The Morgan fingerprint density at radius 1 is 0.362 bits per heavy atom. The van der Waals surface area contributed by atoms with Crippen LogP contribution in [0.3, 0.4) is 0 Å². The maximum atomic E-state index is 6.55. The van der Waals surface area contributed by atoms with Crippen LogP contribution in [0.15, 0.2) is 176 Å². The van der Waals surface area contributed by atoms with Crippen molar-refractivity contribution in [2.24, 2.45) is 0 Å². The van der Waals surface area contributed by atoms with Gasteiger partial charge in [0.25, 0.3) is 0 Å². The van der Waals surface area contributed by atoms with Crippen LogP contribution in [0.25, 0.3) is 66.1 Å². The predicted octanol–water partition coefficient (Wildman–Crippen LogP) is 15.5. The second-order valence-electron chi connectivity index (χ2n) is 17.3. The lowest BCUT2D eigenvalue weighted by molar-refractivity contribution is 0.477. The van der Waals surface area contributed by atoms with E-state index in [0.717, 1.165) is 28.6 Å². The summed E-state index contributed by atoms with van der Waals surface area (Å²) in [7, 11) is 0. The Labute approximate surface area is 339 Å². The molecule has 12 rings (SSSR count). The van der Waals surface area contributed by atoms with E-state index in [0.29, 0.717) is 0 Å². The van der Waals surface area contributed by atoms with Gasteiger partial charge in [0.05, 0.1) is 17.1 Å². The van der Waals surface area contributed by atoms with E-state index in [-0.39, 0.29) is 10.8 Å². The summed E-state index contributed by atoms with van der Waals surface area (Å²) >= 11 is 0. The van der Waals surface area contributed by atoms with Gasteiger partial charge in [-0.2, -0.15) is 0 Å². The maximum Gasteiger partial charge on any atom is 0.151 e. The SMILES string of the molecule is CC1(C)c2ccccc2-c2ccc(-c3ccc4c(N5c6ccccc6Oc6ccccc65)c5ccccc5c(-c5ccc6c(c5)C(C)(C)c5ccccc5-6)c4c3)cc21.